The minimum absolute atomic E-state index is 0.00893. The van der Waals surface area contributed by atoms with Crippen LogP contribution in [0.1, 0.15) is 40.2 Å². The van der Waals surface area contributed by atoms with E-state index in [0.29, 0.717) is 0 Å². The molecule has 1 fully saturated rings. The second-order valence-electron chi connectivity index (χ2n) is 8.91. The van der Waals surface area contributed by atoms with Gasteiger partial charge in [0.1, 0.15) is 0 Å². The molecule has 0 aromatic heterocycles. The van der Waals surface area contributed by atoms with E-state index in [1.54, 1.807) is 14.2 Å². The Morgan fingerprint density at radius 1 is 1.07 bits per heavy atom. The number of hydrogen-bond donors (Lipinski definition) is 2. The van der Waals surface area contributed by atoms with Gasteiger partial charge in [0.2, 0.25) is 0 Å². The summed E-state index contributed by atoms with van der Waals surface area (Å²) in [7, 11) is 3.32. The van der Waals surface area contributed by atoms with Crippen molar-refractivity contribution in [3.63, 3.8) is 0 Å². The Morgan fingerprint density at radius 3 is 2.33 bits per heavy atom. The largest absolute Gasteiger partial charge is 0.493 e. The first-order valence-electron chi connectivity index (χ1n) is 10.8. The molecule has 1 saturated heterocycles. The van der Waals surface area contributed by atoms with Crippen molar-refractivity contribution < 1.29 is 14.2 Å². The SMILES string of the molecule is CCNC(=NCC(C)(C)N1CCOCC1)NCC(C)(C)c1ccc(OC)c(OC)c1. The summed E-state index contributed by atoms with van der Waals surface area (Å²) in [5.41, 5.74) is 1.05. The average molecular weight is 421 g/mol. The lowest BCUT2D eigenvalue weighted by Gasteiger charge is -2.40. The van der Waals surface area contributed by atoms with E-state index in [4.69, 9.17) is 19.2 Å². The highest BCUT2D eigenvalue weighted by molar-refractivity contribution is 5.80. The summed E-state index contributed by atoms with van der Waals surface area (Å²) >= 11 is 0. The minimum atomic E-state index is -0.116. The van der Waals surface area contributed by atoms with Crippen LogP contribution in [0.5, 0.6) is 11.5 Å². The van der Waals surface area contributed by atoms with Gasteiger partial charge in [0.25, 0.3) is 0 Å². The van der Waals surface area contributed by atoms with Gasteiger partial charge in [0.15, 0.2) is 17.5 Å². The molecule has 0 bridgehead atoms. The molecule has 1 heterocycles. The number of methoxy groups -OCH3 is 2. The molecular weight excluding hydrogens is 380 g/mol. The first-order chi connectivity index (χ1) is 14.2. The van der Waals surface area contributed by atoms with Gasteiger partial charge in [-0.15, -0.1) is 0 Å². The zero-order valence-electron chi connectivity index (χ0n) is 19.8. The highest BCUT2D eigenvalue weighted by atomic mass is 16.5. The number of morpholine rings is 1. The standard InChI is InChI=1S/C23H40N4O3/c1-8-24-21(26-17-23(4,5)27-11-13-30-14-12-27)25-16-22(2,3)18-9-10-19(28-6)20(15-18)29-7/h9-10,15H,8,11-14,16-17H2,1-7H3,(H2,24,25,26). The molecule has 0 saturated carbocycles. The lowest BCUT2D eigenvalue weighted by molar-refractivity contribution is -0.00684. The summed E-state index contributed by atoms with van der Waals surface area (Å²) < 4.78 is 16.3. The number of nitrogens with one attached hydrogen (secondary N) is 2. The zero-order chi connectivity index (χ0) is 22.2. The van der Waals surface area contributed by atoms with E-state index in [-0.39, 0.29) is 11.0 Å². The highest BCUT2D eigenvalue weighted by Gasteiger charge is 2.28. The Kier molecular flexibility index (Phi) is 8.79. The van der Waals surface area contributed by atoms with Crippen LogP contribution >= 0.6 is 0 Å². The smallest absolute Gasteiger partial charge is 0.191 e. The average Bonchev–Trinajstić information content (AvgIpc) is 2.75. The Bertz CT molecular complexity index is 698. The molecule has 0 spiro atoms. The van der Waals surface area contributed by atoms with Gasteiger partial charge in [-0.1, -0.05) is 19.9 Å². The molecule has 30 heavy (non-hydrogen) atoms. The van der Waals surface area contributed by atoms with Gasteiger partial charge in [-0.05, 0) is 38.5 Å². The fraction of sp³-hybridized carbons (Fsp3) is 0.696. The lowest BCUT2D eigenvalue weighted by Crippen LogP contribution is -2.52. The van der Waals surface area contributed by atoms with Crippen molar-refractivity contribution in [1.82, 2.24) is 15.5 Å². The summed E-state index contributed by atoms with van der Waals surface area (Å²) in [5.74, 6) is 2.33. The van der Waals surface area contributed by atoms with E-state index in [2.05, 4.69) is 56.2 Å². The molecule has 7 heteroatoms. The molecule has 0 unspecified atom stereocenters. The van der Waals surface area contributed by atoms with Crippen LogP contribution in [0.4, 0.5) is 0 Å². The third-order valence-corrected chi connectivity index (χ3v) is 5.70. The van der Waals surface area contributed by atoms with Crippen LogP contribution in [-0.4, -0.2) is 76.6 Å². The third-order valence-electron chi connectivity index (χ3n) is 5.70. The Morgan fingerprint density at radius 2 is 1.73 bits per heavy atom. The lowest BCUT2D eigenvalue weighted by atomic mass is 9.84. The Balaban J connectivity index is 2.05. The maximum absolute atomic E-state index is 5.49. The van der Waals surface area contributed by atoms with E-state index < -0.39 is 0 Å². The van der Waals surface area contributed by atoms with Crippen molar-refractivity contribution >= 4 is 5.96 Å². The molecule has 1 aliphatic rings. The van der Waals surface area contributed by atoms with Crippen LogP contribution in [0, 0.1) is 0 Å². The zero-order valence-corrected chi connectivity index (χ0v) is 19.8. The van der Waals surface area contributed by atoms with E-state index in [0.717, 1.165) is 63.4 Å². The predicted molar refractivity (Wildman–Crippen MR) is 123 cm³/mol. The predicted octanol–water partition coefficient (Wildman–Crippen LogP) is 2.65. The van der Waals surface area contributed by atoms with Crippen LogP contribution in [-0.2, 0) is 10.2 Å². The van der Waals surface area contributed by atoms with Crippen molar-refractivity contribution in [1.29, 1.82) is 0 Å². The Labute approximate surface area is 182 Å². The Hall–Kier alpha value is -1.99. The summed E-state index contributed by atoms with van der Waals surface area (Å²) in [5, 5.41) is 6.90. The first-order valence-corrected chi connectivity index (χ1v) is 10.8. The van der Waals surface area contributed by atoms with Crippen LogP contribution in [0.3, 0.4) is 0 Å². The summed E-state index contributed by atoms with van der Waals surface area (Å²) in [6, 6.07) is 6.10. The number of aliphatic imine (C=N–C) groups is 1. The molecular formula is C23H40N4O3. The number of hydrogen-bond acceptors (Lipinski definition) is 5. The maximum atomic E-state index is 5.49. The van der Waals surface area contributed by atoms with Crippen molar-refractivity contribution in [3.8, 4) is 11.5 Å². The number of ether oxygens (including phenoxy) is 3. The fourth-order valence-electron chi connectivity index (χ4n) is 3.55. The summed E-state index contributed by atoms with van der Waals surface area (Å²) in [6.07, 6.45) is 0. The van der Waals surface area contributed by atoms with E-state index in [1.165, 1.54) is 5.56 Å². The maximum Gasteiger partial charge on any atom is 0.191 e. The fourth-order valence-corrected chi connectivity index (χ4v) is 3.55. The number of nitrogens with zero attached hydrogens (tertiary/aromatic N) is 2. The number of rotatable bonds is 9. The van der Waals surface area contributed by atoms with Crippen LogP contribution < -0.4 is 20.1 Å². The second kappa shape index (κ2) is 10.9. The quantitative estimate of drug-likeness (QED) is 0.473. The molecule has 0 aliphatic carbocycles. The molecule has 7 nitrogen and oxygen atoms in total. The van der Waals surface area contributed by atoms with Gasteiger partial charge in [0.05, 0.1) is 34.0 Å². The van der Waals surface area contributed by atoms with Crippen molar-refractivity contribution in [2.75, 3.05) is 60.2 Å². The molecule has 2 N–H and O–H groups in total. The molecule has 170 valence electrons. The topological polar surface area (TPSA) is 67.4 Å². The first kappa shape index (κ1) is 24.3. The molecule has 1 aliphatic heterocycles. The van der Waals surface area contributed by atoms with Crippen LogP contribution in [0.15, 0.2) is 23.2 Å². The van der Waals surface area contributed by atoms with Crippen molar-refractivity contribution in [2.24, 2.45) is 4.99 Å². The highest BCUT2D eigenvalue weighted by Crippen LogP contribution is 2.32. The van der Waals surface area contributed by atoms with Gasteiger partial charge in [0, 0.05) is 37.1 Å². The molecule has 1 aromatic carbocycles. The minimum Gasteiger partial charge on any atom is -0.493 e. The van der Waals surface area contributed by atoms with Gasteiger partial charge >= 0.3 is 0 Å². The van der Waals surface area contributed by atoms with Gasteiger partial charge < -0.3 is 24.8 Å². The van der Waals surface area contributed by atoms with Gasteiger partial charge in [-0.25, -0.2) is 0 Å². The summed E-state index contributed by atoms with van der Waals surface area (Å²) in [6.45, 7) is 16.8. The molecule has 0 radical (unpaired) electrons. The van der Waals surface area contributed by atoms with E-state index >= 15 is 0 Å². The molecule has 2 rings (SSSR count). The summed E-state index contributed by atoms with van der Waals surface area (Å²) in [4.78, 5) is 7.34. The van der Waals surface area contributed by atoms with Crippen molar-refractivity contribution in [2.45, 2.75) is 45.6 Å². The molecule has 0 amide bonds. The second-order valence-corrected chi connectivity index (χ2v) is 8.91. The van der Waals surface area contributed by atoms with Gasteiger partial charge in [-0.2, -0.15) is 0 Å². The van der Waals surface area contributed by atoms with E-state index in [1.807, 2.05) is 12.1 Å². The third kappa shape index (κ3) is 6.51. The normalized spacial score (nSPS) is 16.3. The van der Waals surface area contributed by atoms with Gasteiger partial charge in [-0.3, -0.25) is 9.89 Å². The molecule has 0 atom stereocenters. The number of benzene rings is 1. The van der Waals surface area contributed by atoms with Crippen molar-refractivity contribution in [3.05, 3.63) is 23.8 Å². The monoisotopic (exact) mass is 420 g/mol. The molecule has 1 aromatic rings. The number of guanidine groups is 1. The van der Waals surface area contributed by atoms with Crippen LogP contribution in [0.2, 0.25) is 0 Å². The van der Waals surface area contributed by atoms with E-state index in [9.17, 15) is 0 Å². The van der Waals surface area contributed by atoms with Crippen LogP contribution in [0.25, 0.3) is 0 Å².